The predicted octanol–water partition coefficient (Wildman–Crippen LogP) is 0.626. The first-order valence-corrected chi connectivity index (χ1v) is 5.54. The standard InChI is InChI=1S/C11H13N5O/c1-16-11(13-14-15-16)12-7-9-6-8-4-2-3-5-10(8)17-9/h2-5,9H,6-7H2,1H3,(H,12,13,15). The van der Waals surface area contributed by atoms with E-state index in [9.17, 15) is 0 Å². The van der Waals surface area contributed by atoms with Crippen LogP contribution in [0.25, 0.3) is 0 Å². The van der Waals surface area contributed by atoms with Crippen LogP contribution in [0.15, 0.2) is 24.3 Å². The molecule has 6 heteroatoms. The molecule has 0 bridgehead atoms. The molecule has 3 rings (SSSR count). The molecule has 1 aromatic heterocycles. The van der Waals surface area contributed by atoms with Gasteiger partial charge < -0.3 is 10.1 Å². The second-order valence-electron chi connectivity index (χ2n) is 4.06. The second-order valence-corrected chi connectivity index (χ2v) is 4.06. The average molecular weight is 231 g/mol. The largest absolute Gasteiger partial charge is 0.488 e. The van der Waals surface area contributed by atoms with E-state index in [1.165, 1.54) is 5.56 Å². The van der Waals surface area contributed by atoms with Gasteiger partial charge in [-0.3, -0.25) is 0 Å². The molecule has 1 unspecified atom stereocenters. The van der Waals surface area contributed by atoms with Crippen molar-refractivity contribution in [2.75, 3.05) is 11.9 Å². The summed E-state index contributed by atoms with van der Waals surface area (Å²) >= 11 is 0. The van der Waals surface area contributed by atoms with Gasteiger partial charge in [0, 0.05) is 13.5 Å². The van der Waals surface area contributed by atoms with E-state index in [2.05, 4.69) is 26.9 Å². The summed E-state index contributed by atoms with van der Waals surface area (Å²) < 4.78 is 7.40. The maximum Gasteiger partial charge on any atom is 0.242 e. The Balaban J connectivity index is 1.61. The van der Waals surface area contributed by atoms with Gasteiger partial charge in [0.1, 0.15) is 11.9 Å². The molecule has 17 heavy (non-hydrogen) atoms. The third-order valence-electron chi connectivity index (χ3n) is 2.82. The van der Waals surface area contributed by atoms with Crippen molar-refractivity contribution in [2.45, 2.75) is 12.5 Å². The van der Waals surface area contributed by atoms with Crippen molar-refractivity contribution in [1.29, 1.82) is 0 Å². The first-order chi connectivity index (χ1) is 8.33. The summed E-state index contributed by atoms with van der Waals surface area (Å²) in [6, 6.07) is 8.12. The summed E-state index contributed by atoms with van der Waals surface area (Å²) in [6.45, 7) is 0.697. The minimum atomic E-state index is 0.143. The average Bonchev–Trinajstić information content (AvgIpc) is 2.92. The molecular weight excluding hydrogens is 218 g/mol. The highest BCUT2D eigenvalue weighted by atomic mass is 16.5. The minimum Gasteiger partial charge on any atom is -0.488 e. The maximum absolute atomic E-state index is 5.80. The number of hydrogen-bond donors (Lipinski definition) is 1. The quantitative estimate of drug-likeness (QED) is 0.839. The molecule has 88 valence electrons. The smallest absolute Gasteiger partial charge is 0.242 e. The van der Waals surface area contributed by atoms with E-state index in [1.54, 1.807) is 11.7 Å². The fraction of sp³-hybridized carbons (Fsp3) is 0.364. The van der Waals surface area contributed by atoms with Crippen molar-refractivity contribution in [3.8, 4) is 5.75 Å². The summed E-state index contributed by atoms with van der Waals surface area (Å²) in [7, 11) is 1.80. The van der Waals surface area contributed by atoms with Crippen molar-refractivity contribution in [1.82, 2.24) is 20.2 Å². The zero-order valence-electron chi connectivity index (χ0n) is 9.50. The second kappa shape index (κ2) is 4.04. The summed E-state index contributed by atoms with van der Waals surface area (Å²) in [6.07, 6.45) is 1.07. The van der Waals surface area contributed by atoms with Crippen LogP contribution in [0.2, 0.25) is 0 Å². The Morgan fingerprint density at radius 3 is 3.12 bits per heavy atom. The summed E-state index contributed by atoms with van der Waals surface area (Å²) in [5.41, 5.74) is 1.26. The molecule has 0 fully saturated rings. The monoisotopic (exact) mass is 231 g/mol. The number of ether oxygens (including phenoxy) is 1. The molecule has 0 saturated carbocycles. The molecule has 1 N–H and O–H groups in total. The highest BCUT2D eigenvalue weighted by Crippen LogP contribution is 2.27. The number of nitrogens with one attached hydrogen (secondary N) is 1. The van der Waals surface area contributed by atoms with Crippen molar-refractivity contribution in [3.05, 3.63) is 29.8 Å². The molecule has 2 heterocycles. The molecule has 2 aromatic rings. The van der Waals surface area contributed by atoms with Gasteiger partial charge in [-0.25, -0.2) is 4.68 Å². The van der Waals surface area contributed by atoms with Gasteiger partial charge in [-0.15, -0.1) is 0 Å². The van der Waals surface area contributed by atoms with E-state index in [4.69, 9.17) is 4.74 Å². The fourth-order valence-corrected chi connectivity index (χ4v) is 1.95. The first kappa shape index (κ1) is 10.1. The van der Waals surface area contributed by atoms with E-state index in [0.29, 0.717) is 12.5 Å². The van der Waals surface area contributed by atoms with Crippen molar-refractivity contribution < 1.29 is 4.74 Å². The first-order valence-electron chi connectivity index (χ1n) is 5.54. The van der Waals surface area contributed by atoms with Crippen molar-refractivity contribution in [3.63, 3.8) is 0 Å². The fourth-order valence-electron chi connectivity index (χ4n) is 1.95. The van der Waals surface area contributed by atoms with Crippen LogP contribution in [-0.4, -0.2) is 32.9 Å². The lowest BCUT2D eigenvalue weighted by molar-refractivity contribution is 0.246. The van der Waals surface area contributed by atoms with Crippen LogP contribution < -0.4 is 10.1 Å². The number of rotatable bonds is 3. The Hall–Kier alpha value is -2.11. The molecule has 0 saturated heterocycles. The molecule has 0 spiro atoms. The zero-order valence-corrected chi connectivity index (χ0v) is 9.50. The van der Waals surface area contributed by atoms with E-state index in [0.717, 1.165) is 12.2 Å². The Kier molecular flexibility index (Phi) is 2.40. The third kappa shape index (κ3) is 1.93. The maximum atomic E-state index is 5.80. The SMILES string of the molecule is Cn1nnnc1NCC1Cc2ccccc2O1. The number of aromatic nitrogens is 4. The Labute approximate surface area is 98.6 Å². The lowest BCUT2D eigenvalue weighted by Crippen LogP contribution is -2.25. The lowest BCUT2D eigenvalue weighted by atomic mass is 10.1. The van der Waals surface area contributed by atoms with Gasteiger partial charge in [0.15, 0.2) is 0 Å². The van der Waals surface area contributed by atoms with Gasteiger partial charge in [-0.1, -0.05) is 23.3 Å². The highest BCUT2D eigenvalue weighted by Gasteiger charge is 2.22. The number of para-hydroxylation sites is 1. The van der Waals surface area contributed by atoms with E-state index in [-0.39, 0.29) is 6.10 Å². The van der Waals surface area contributed by atoms with Crippen LogP contribution in [0.4, 0.5) is 5.95 Å². The van der Waals surface area contributed by atoms with E-state index in [1.807, 2.05) is 18.2 Å². The number of aryl methyl sites for hydroxylation is 1. The van der Waals surface area contributed by atoms with Crippen LogP contribution in [0.5, 0.6) is 5.75 Å². The topological polar surface area (TPSA) is 64.9 Å². The molecule has 1 atom stereocenters. The Morgan fingerprint density at radius 1 is 1.47 bits per heavy atom. The summed E-state index contributed by atoms with van der Waals surface area (Å²) in [5, 5.41) is 14.4. The number of fused-ring (bicyclic) bond motifs is 1. The third-order valence-corrected chi connectivity index (χ3v) is 2.82. The molecule has 1 aromatic carbocycles. The number of nitrogens with zero attached hydrogens (tertiary/aromatic N) is 4. The van der Waals surface area contributed by atoms with Gasteiger partial charge in [0.05, 0.1) is 6.54 Å². The Morgan fingerprint density at radius 2 is 2.35 bits per heavy atom. The van der Waals surface area contributed by atoms with Crippen LogP contribution >= 0.6 is 0 Å². The van der Waals surface area contributed by atoms with E-state index >= 15 is 0 Å². The zero-order chi connectivity index (χ0) is 11.7. The van der Waals surface area contributed by atoms with Crippen molar-refractivity contribution >= 4 is 5.95 Å². The summed E-state index contributed by atoms with van der Waals surface area (Å²) in [4.78, 5) is 0. The van der Waals surface area contributed by atoms with E-state index < -0.39 is 0 Å². The molecule has 0 aliphatic carbocycles. The number of benzene rings is 1. The molecule has 0 radical (unpaired) electrons. The van der Waals surface area contributed by atoms with Crippen LogP contribution in [-0.2, 0) is 13.5 Å². The molecular formula is C11H13N5O. The number of anilines is 1. The predicted molar refractivity (Wildman–Crippen MR) is 61.8 cm³/mol. The van der Waals surface area contributed by atoms with Gasteiger partial charge in [-0.2, -0.15) is 0 Å². The number of hydrogen-bond acceptors (Lipinski definition) is 5. The normalized spacial score (nSPS) is 17.6. The van der Waals surface area contributed by atoms with Gasteiger partial charge in [-0.05, 0) is 22.1 Å². The van der Waals surface area contributed by atoms with Crippen LogP contribution in [0.3, 0.4) is 0 Å². The van der Waals surface area contributed by atoms with Crippen LogP contribution in [0.1, 0.15) is 5.56 Å². The lowest BCUT2D eigenvalue weighted by Gasteiger charge is -2.11. The van der Waals surface area contributed by atoms with Gasteiger partial charge in [0.2, 0.25) is 5.95 Å². The summed E-state index contributed by atoms with van der Waals surface area (Å²) in [5.74, 6) is 1.64. The van der Waals surface area contributed by atoms with Gasteiger partial charge in [0.25, 0.3) is 0 Å². The number of tetrazole rings is 1. The highest BCUT2D eigenvalue weighted by molar-refractivity contribution is 5.37. The van der Waals surface area contributed by atoms with Gasteiger partial charge >= 0.3 is 0 Å². The van der Waals surface area contributed by atoms with Crippen molar-refractivity contribution in [2.24, 2.45) is 7.05 Å². The molecule has 6 nitrogen and oxygen atoms in total. The molecule has 1 aliphatic heterocycles. The molecule has 0 amide bonds. The minimum absolute atomic E-state index is 0.143. The molecule has 1 aliphatic rings. The van der Waals surface area contributed by atoms with Crippen LogP contribution in [0, 0.1) is 0 Å². The Bertz CT molecular complexity index is 499.